The molecule has 0 saturated carbocycles. The quantitative estimate of drug-likeness (QED) is 0.424. The maximum absolute atomic E-state index is 12.5. The van der Waals surface area contributed by atoms with Crippen LogP contribution < -0.4 is 0 Å². The van der Waals surface area contributed by atoms with Crippen LogP contribution in [0.5, 0.6) is 0 Å². The smallest absolute Gasteiger partial charge is 0.340 e. The van der Waals surface area contributed by atoms with Crippen LogP contribution in [0.3, 0.4) is 0 Å². The molecule has 6 nitrogen and oxygen atoms in total. The highest BCUT2D eigenvalue weighted by Crippen LogP contribution is 2.30. The molecule has 2 aromatic heterocycles. The van der Waals surface area contributed by atoms with Crippen LogP contribution in [0, 0.1) is 0 Å². The highest BCUT2D eigenvalue weighted by atomic mass is 16.5. The maximum Gasteiger partial charge on any atom is 0.340 e. The van der Waals surface area contributed by atoms with Gasteiger partial charge in [-0.15, -0.1) is 0 Å². The first kappa shape index (κ1) is 15.3. The fourth-order valence-corrected chi connectivity index (χ4v) is 2.90. The second-order valence-corrected chi connectivity index (χ2v) is 5.97. The van der Waals surface area contributed by atoms with Gasteiger partial charge in [-0.05, 0) is 26.0 Å². The number of carbonyl (C=O) groups excluding carboxylic acids is 1. The van der Waals surface area contributed by atoms with E-state index < -0.39 is 0 Å². The Labute approximate surface area is 144 Å². The second kappa shape index (κ2) is 5.98. The fourth-order valence-electron chi connectivity index (χ4n) is 2.90. The number of rotatable bonds is 3. The number of nitrogens with zero attached hydrogens (tertiary/aromatic N) is 4. The van der Waals surface area contributed by atoms with Gasteiger partial charge in [0.15, 0.2) is 0 Å². The molecule has 0 fully saturated rings. The van der Waals surface area contributed by atoms with Gasteiger partial charge in [0, 0.05) is 10.8 Å². The van der Waals surface area contributed by atoms with E-state index in [4.69, 9.17) is 9.72 Å². The lowest BCUT2D eigenvalue weighted by Crippen LogP contribution is -2.12. The predicted molar refractivity (Wildman–Crippen MR) is 94.7 cm³/mol. The molecule has 0 saturated heterocycles. The number of carbonyl (C=O) groups is 1. The average Bonchev–Trinajstić information content (AvgIpc) is 3.12. The summed E-state index contributed by atoms with van der Waals surface area (Å²) in [5.74, 6) is -0.382. The molecule has 6 heteroatoms. The predicted octanol–water partition coefficient (Wildman–Crippen LogP) is 3.53. The molecule has 0 unspecified atom stereocenters. The van der Waals surface area contributed by atoms with Gasteiger partial charge in [-0.1, -0.05) is 30.3 Å². The summed E-state index contributed by atoms with van der Waals surface area (Å²) in [4.78, 5) is 21.3. The van der Waals surface area contributed by atoms with Crippen molar-refractivity contribution in [2.24, 2.45) is 0 Å². The van der Waals surface area contributed by atoms with Gasteiger partial charge in [0.1, 0.15) is 12.7 Å². The van der Waals surface area contributed by atoms with Crippen LogP contribution in [0.1, 0.15) is 24.2 Å². The van der Waals surface area contributed by atoms with E-state index in [9.17, 15) is 4.79 Å². The van der Waals surface area contributed by atoms with Crippen molar-refractivity contribution in [3.63, 3.8) is 0 Å². The zero-order chi connectivity index (χ0) is 17.4. The monoisotopic (exact) mass is 332 g/mol. The summed E-state index contributed by atoms with van der Waals surface area (Å²) in [7, 11) is 0. The van der Waals surface area contributed by atoms with Crippen molar-refractivity contribution in [3.8, 4) is 5.69 Å². The molecule has 4 aromatic rings. The molecule has 0 aliphatic carbocycles. The summed E-state index contributed by atoms with van der Waals surface area (Å²) in [6.07, 6.45) is 2.93. The number of benzene rings is 2. The number of aromatic nitrogens is 4. The van der Waals surface area contributed by atoms with E-state index in [1.165, 1.54) is 6.33 Å². The van der Waals surface area contributed by atoms with Gasteiger partial charge >= 0.3 is 5.97 Å². The minimum Gasteiger partial charge on any atom is -0.459 e. The number of pyridine rings is 1. The van der Waals surface area contributed by atoms with Crippen molar-refractivity contribution < 1.29 is 9.53 Å². The molecule has 0 aliphatic heterocycles. The summed E-state index contributed by atoms with van der Waals surface area (Å²) in [5, 5.41) is 6.03. The molecule has 2 heterocycles. The lowest BCUT2D eigenvalue weighted by molar-refractivity contribution is 0.0380. The molecular weight excluding hydrogens is 316 g/mol. The Morgan fingerprint density at radius 1 is 1.08 bits per heavy atom. The van der Waals surface area contributed by atoms with Gasteiger partial charge in [0.25, 0.3) is 0 Å². The second-order valence-electron chi connectivity index (χ2n) is 5.97. The number of ether oxygens (including phenoxy) is 1. The van der Waals surface area contributed by atoms with E-state index in [0.717, 1.165) is 22.0 Å². The standard InChI is InChI=1S/C19H16N4O2/c1-12(2)25-19(24)15-8-5-7-14-17(15)22-16-9-4-3-6-13(16)18(14)23-11-20-10-21-23/h3-12H,1-2H3. The van der Waals surface area contributed by atoms with E-state index in [0.29, 0.717) is 11.1 Å². The highest BCUT2D eigenvalue weighted by Gasteiger charge is 2.18. The van der Waals surface area contributed by atoms with Crippen molar-refractivity contribution in [3.05, 3.63) is 60.7 Å². The van der Waals surface area contributed by atoms with Crippen molar-refractivity contribution in [1.82, 2.24) is 19.7 Å². The van der Waals surface area contributed by atoms with Gasteiger partial charge in [-0.25, -0.2) is 19.4 Å². The number of esters is 1. The molecule has 124 valence electrons. The Balaban J connectivity index is 2.08. The normalized spacial score (nSPS) is 11.3. The van der Waals surface area contributed by atoms with Gasteiger partial charge in [-0.2, -0.15) is 5.10 Å². The molecule has 0 spiro atoms. The van der Waals surface area contributed by atoms with Crippen molar-refractivity contribution >= 4 is 27.8 Å². The van der Waals surface area contributed by atoms with E-state index in [1.54, 1.807) is 17.1 Å². The summed E-state index contributed by atoms with van der Waals surface area (Å²) in [6.45, 7) is 3.65. The molecule has 0 N–H and O–H groups in total. The summed E-state index contributed by atoms with van der Waals surface area (Å²) in [6, 6.07) is 13.3. The van der Waals surface area contributed by atoms with Crippen LogP contribution in [0.15, 0.2) is 55.1 Å². The van der Waals surface area contributed by atoms with Crippen LogP contribution >= 0.6 is 0 Å². The highest BCUT2D eigenvalue weighted by molar-refractivity contribution is 6.10. The lowest BCUT2D eigenvalue weighted by Gasteiger charge is -2.13. The first-order valence-electron chi connectivity index (χ1n) is 8.02. The third-order valence-corrected chi connectivity index (χ3v) is 3.89. The Morgan fingerprint density at radius 2 is 1.88 bits per heavy atom. The lowest BCUT2D eigenvalue weighted by atomic mass is 10.0. The van der Waals surface area contributed by atoms with E-state index in [2.05, 4.69) is 10.1 Å². The Morgan fingerprint density at radius 3 is 2.64 bits per heavy atom. The number of hydrogen-bond donors (Lipinski definition) is 0. The van der Waals surface area contributed by atoms with Gasteiger partial charge < -0.3 is 4.74 Å². The first-order valence-corrected chi connectivity index (χ1v) is 8.02. The van der Waals surface area contributed by atoms with Crippen molar-refractivity contribution in [1.29, 1.82) is 0 Å². The molecule has 0 aliphatic rings. The zero-order valence-corrected chi connectivity index (χ0v) is 13.9. The zero-order valence-electron chi connectivity index (χ0n) is 13.9. The average molecular weight is 332 g/mol. The first-order chi connectivity index (χ1) is 12.1. The Hall–Kier alpha value is -3.28. The molecule has 0 amide bonds. The Bertz CT molecular complexity index is 1070. The van der Waals surface area contributed by atoms with Gasteiger partial charge in [0.05, 0.1) is 28.4 Å². The largest absolute Gasteiger partial charge is 0.459 e. The minimum atomic E-state index is -0.382. The van der Waals surface area contributed by atoms with Gasteiger partial charge in [-0.3, -0.25) is 0 Å². The fraction of sp³-hybridized carbons (Fsp3) is 0.158. The van der Waals surface area contributed by atoms with Crippen LogP contribution in [-0.4, -0.2) is 31.8 Å². The number of fused-ring (bicyclic) bond motifs is 2. The number of hydrogen-bond acceptors (Lipinski definition) is 5. The molecule has 25 heavy (non-hydrogen) atoms. The van der Waals surface area contributed by atoms with Gasteiger partial charge in [0.2, 0.25) is 0 Å². The SMILES string of the molecule is CC(C)OC(=O)c1cccc2c(-n3cncn3)c3ccccc3nc12. The summed E-state index contributed by atoms with van der Waals surface area (Å²) >= 11 is 0. The topological polar surface area (TPSA) is 69.9 Å². The summed E-state index contributed by atoms with van der Waals surface area (Å²) < 4.78 is 7.07. The van der Waals surface area contributed by atoms with E-state index in [1.807, 2.05) is 50.2 Å². The molecule has 0 atom stereocenters. The molecule has 0 bridgehead atoms. The Kier molecular flexibility index (Phi) is 3.65. The number of para-hydroxylation sites is 2. The van der Waals surface area contributed by atoms with Crippen LogP contribution in [-0.2, 0) is 4.74 Å². The van der Waals surface area contributed by atoms with E-state index in [-0.39, 0.29) is 12.1 Å². The third-order valence-electron chi connectivity index (χ3n) is 3.89. The van der Waals surface area contributed by atoms with Crippen molar-refractivity contribution in [2.45, 2.75) is 20.0 Å². The maximum atomic E-state index is 12.5. The molecule has 2 aromatic carbocycles. The summed E-state index contributed by atoms with van der Waals surface area (Å²) in [5.41, 5.74) is 2.67. The molecule has 0 radical (unpaired) electrons. The molecule has 4 rings (SSSR count). The minimum absolute atomic E-state index is 0.196. The van der Waals surface area contributed by atoms with Crippen molar-refractivity contribution in [2.75, 3.05) is 0 Å². The van der Waals surface area contributed by atoms with Crippen LogP contribution in [0.2, 0.25) is 0 Å². The van der Waals surface area contributed by atoms with Crippen LogP contribution in [0.25, 0.3) is 27.5 Å². The third kappa shape index (κ3) is 2.61. The van der Waals surface area contributed by atoms with E-state index >= 15 is 0 Å². The van der Waals surface area contributed by atoms with Crippen LogP contribution in [0.4, 0.5) is 0 Å². The molecular formula is C19H16N4O2.